The molecule has 0 unspecified atom stereocenters. The zero-order valence-electron chi connectivity index (χ0n) is 16.7. The zero-order valence-corrected chi connectivity index (χ0v) is 17.5. The van der Waals surface area contributed by atoms with E-state index in [4.69, 9.17) is 0 Å². The van der Waals surface area contributed by atoms with Gasteiger partial charge in [0.15, 0.2) is 0 Å². The number of piperidine rings is 1. The molecule has 0 atom stereocenters. The van der Waals surface area contributed by atoms with Crippen LogP contribution < -0.4 is 0 Å². The largest absolute Gasteiger partial charge is 0.343 e. The predicted molar refractivity (Wildman–Crippen MR) is 106 cm³/mol. The summed E-state index contributed by atoms with van der Waals surface area (Å²) < 4.78 is 27.3. The van der Waals surface area contributed by atoms with Crippen molar-refractivity contribution in [1.29, 1.82) is 0 Å². The number of carbonyl (C=O) groups is 1. The van der Waals surface area contributed by atoms with Gasteiger partial charge in [-0.15, -0.1) is 0 Å². The van der Waals surface area contributed by atoms with E-state index in [9.17, 15) is 23.3 Å². The highest BCUT2D eigenvalue weighted by Crippen LogP contribution is 2.22. The maximum atomic E-state index is 13.0. The smallest absolute Gasteiger partial charge is 0.269 e. The summed E-state index contributed by atoms with van der Waals surface area (Å²) in [4.78, 5) is 24.5. The van der Waals surface area contributed by atoms with E-state index in [2.05, 4.69) is 6.92 Å². The molecule has 0 bridgehead atoms. The van der Waals surface area contributed by atoms with Crippen molar-refractivity contribution in [3.63, 3.8) is 0 Å². The van der Waals surface area contributed by atoms with Crippen LogP contribution in [0.4, 0.5) is 5.69 Å². The Kier molecular flexibility index (Phi) is 7.54. The number of sulfonamides is 1. The summed E-state index contributed by atoms with van der Waals surface area (Å²) in [5, 5.41) is 10.8. The summed E-state index contributed by atoms with van der Waals surface area (Å²) in [6.45, 7) is 7.81. The SMILES string of the molecule is CC(C)CN(CCC(=O)N1CCC(C)CC1)S(=O)(=O)c1ccc([N+](=O)[O-])cc1. The monoisotopic (exact) mass is 411 g/mol. The lowest BCUT2D eigenvalue weighted by Crippen LogP contribution is -2.41. The summed E-state index contributed by atoms with van der Waals surface area (Å²) in [5.74, 6) is 0.669. The lowest BCUT2D eigenvalue weighted by molar-refractivity contribution is -0.384. The van der Waals surface area contributed by atoms with Crippen LogP contribution >= 0.6 is 0 Å². The fourth-order valence-electron chi connectivity index (χ4n) is 3.24. The maximum Gasteiger partial charge on any atom is 0.269 e. The molecule has 156 valence electrons. The van der Waals surface area contributed by atoms with Crippen molar-refractivity contribution in [3.8, 4) is 0 Å². The number of amides is 1. The summed E-state index contributed by atoms with van der Waals surface area (Å²) in [6.07, 6.45) is 2.08. The van der Waals surface area contributed by atoms with Crippen LogP contribution in [0.25, 0.3) is 0 Å². The number of nitrogens with zero attached hydrogens (tertiary/aromatic N) is 3. The molecule has 0 aliphatic carbocycles. The normalized spacial score (nSPS) is 16.0. The van der Waals surface area contributed by atoms with Gasteiger partial charge >= 0.3 is 0 Å². The second kappa shape index (κ2) is 9.47. The van der Waals surface area contributed by atoms with E-state index in [1.54, 1.807) is 0 Å². The summed E-state index contributed by atoms with van der Waals surface area (Å²) >= 11 is 0. The van der Waals surface area contributed by atoms with Gasteiger partial charge in [0.1, 0.15) is 0 Å². The topological polar surface area (TPSA) is 101 Å². The number of rotatable bonds is 8. The number of likely N-dealkylation sites (tertiary alicyclic amines) is 1. The van der Waals surface area contributed by atoms with Crippen molar-refractivity contribution >= 4 is 21.6 Å². The molecule has 1 saturated heterocycles. The Hall–Kier alpha value is -2.00. The molecule has 1 fully saturated rings. The first-order chi connectivity index (χ1) is 13.1. The minimum Gasteiger partial charge on any atom is -0.343 e. The molecule has 0 spiro atoms. The highest BCUT2D eigenvalue weighted by atomic mass is 32.2. The fourth-order valence-corrected chi connectivity index (χ4v) is 4.85. The molecule has 1 heterocycles. The molecule has 1 aromatic rings. The maximum absolute atomic E-state index is 13.0. The number of carbonyl (C=O) groups excluding carboxylic acids is 1. The van der Waals surface area contributed by atoms with Crippen LogP contribution in [0.2, 0.25) is 0 Å². The van der Waals surface area contributed by atoms with Gasteiger partial charge in [-0.1, -0.05) is 20.8 Å². The van der Waals surface area contributed by atoms with Crippen molar-refractivity contribution < 1.29 is 18.1 Å². The van der Waals surface area contributed by atoms with Gasteiger partial charge in [0.25, 0.3) is 5.69 Å². The predicted octanol–water partition coefficient (Wildman–Crippen LogP) is 2.89. The van der Waals surface area contributed by atoms with Gasteiger partial charge in [0, 0.05) is 44.7 Å². The Morgan fingerprint density at radius 2 is 1.82 bits per heavy atom. The van der Waals surface area contributed by atoms with Crippen LogP contribution in [-0.2, 0) is 14.8 Å². The van der Waals surface area contributed by atoms with Crippen molar-refractivity contribution in [3.05, 3.63) is 34.4 Å². The van der Waals surface area contributed by atoms with Gasteiger partial charge < -0.3 is 4.90 Å². The van der Waals surface area contributed by atoms with Crippen molar-refractivity contribution in [2.24, 2.45) is 11.8 Å². The molecule has 28 heavy (non-hydrogen) atoms. The number of nitro benzene ring substituents is 1. The van der Waals surface area contributed by atoms with E-state index in [0.29, 0.717) is 5.92 Å². The molecule has 9 heteroatoms. The van der Waals surface area contributed by atoms with Crippen LogP contribution in [0.5, 0.6) is 0 Å². The van der Waals surface area contributed by atoms with E-state index < -0.39 is 14.9 Å². The van der Waals surface area contributed by atoms with Gasteiger partial charge in [-0.25, -0.2) is 8.42 Å². The lowest BCUT2D eigenvalue weighted by Gasteiger charge is -2.31. The van der Waals surface area contributed by atoms with Gasteiger partial charge in [-0.05, 0) is 36.8 Å². The third kappa shape index (κ3) is 5.75. The van der Waals surface area contributed by atoms with E-state index in [1.807, 2.05) is 18.7 Å². The molecule has 1 aliphatic rings. The van der Waals surface area contributed by atoms with Gasteiger partial charge in [0.2, 0.25) is 15.9 Å². The Morgan fingerprint density at radius 3 is 2.32 bits per heavy atom. The Labute approximate surface area is 166 Å². The minimum absolute atomic E-state index is 0.00186. The fraction of sp³-hybridized carbons (Fsp3) is 0.632. The number of benzene rings is 1. The van der Waals surface area contributed by atoms with Crippen molar-refractivity contribution in [1.82, 2.24) is 9.21 Å². The van der Waals surface area contributed by atoms with Crippen LogP contribution in [-0.4, -0.2) is 54.6 Å². The third-order valence-electron chi connectivity index (χ3n) is 4.97. The van der Waals surface area contributed by atoms with Crippen molar-refractivity contribution in [2.75, 3.05) is 26.2 Å². The molecule has 0 radical (unpaired) electrons. The Bertz CT molecular complexity index is 784. The number of hydrogen-bond donors (Lipinski definition) is 0. The molecule has 8 nitrogen and oxygen atoms in total. The van der Waals surface area contributed by atoms with Gasteiger partial charge in [-0.2, -0.15) is 4.31 Å². The number of nitro groups is 1. The Morgan fingerprint density at radius 1 is 1.25 bits per heavy atom. The van der Waals surface area contributed by atoms with E-state index in [1.165, 1.54) is 28.6 Å². The standard InChI is InChI=1S/C19H29N3O5S/c1-15(2)14-21(13-10-19(23)20-11-8-16(3)9-12-20)28(26,27)18-6-4-17(5-7-18)22(24)25/h4-7,15-16H,8-14H2,1-3H3. The first kappa shape index (κ1) is 22.3. The molecule has 0 saturated carbocycles. The first-order valence-electron chi connectivity index (χ1n) is 9.63. The first-order valence-corrected chi connectivity index (χ1v) is 11.1. The number of hydrogen-bond acceptors (Lipinski definition) is 5. The van der Waals surface area contributed by atoms with E-state index in [-0.39, 0.29) is 41.9 Å². The molecule has 2 rings (SSSR count). The molecule has 1 aromatic carbocycles. The van der Waals surface area contributed by atoms with Gasteiger partial charge in [0.05, 0.1) is 9.82 Å². The average molecular weight is 412 g/mol. The molecular formula is C19H29N3O5S. The zero-order chi connectivity index (χ0) is 20.9. The highest BCUT2D eigenvalue weighted by molar-refractivity contribution is 7.89. The summed E-state index contributed by atoms with van der Waals surface area (Å²) in [5.41, 5.74) is -0.163. The second-order valence-electron chi connectivity index (χ2n) is 7.82. The van der Waals surface area contributed by atoms with Crippen LogP contribution in [0.15, 0.2) is 29.2 Å². The average Bonchev–Trinajstić information content (AvgIpc) is 2.65. The summed E-state index contributed by atoms with van der Waals surface area (Å²) in [7, 11) is -3.83. The quantitative estimate of drug-likeness (QED) is 0.484. The Balaban J connectivity index is 2.10. The van der Waals surface area contributed by atoms with Crippen molar-refractivity contribution in [2.45, 2.75) is 44.9 Å². The minimum atomic E-state index is -3.83. The van der Waals surface area contributed by atoms with Crippen LogP contribution in [0.1, 0.15) is 40.0 Å². The summed E-state index contributed by atoms with van der Waals surface area (Å²) in [6, 6.07) is 4.85. The van der Waals surface area contributed by atoms with E-state index >= 15 is 0 Å². The highest BCUT2D eigenvalue weighted by Gasteiger charge is 2.28. The van der Waals surface area contributed by atoms with Crippen LogP contribution in [0.3, 0.4) is 0 Å². The third-order valence-corrected chi connectivity index (χ3v) is 6.84. The van der Waals surface area contributed by atoms with E-state index in [0.717, 1.165) is 25.9 Å². The molecule has 1 aliphatic heterocycles. The lowest BCUT2D eigenvalue weighted by atomic mass is 9.99. The molecule has 0 N–H and O–H groups in total. The molecular weight excluding hydrogens is 382 g/mol. The molecule has 0 aromatic heterocycles. The molecule has 1 amide bonds. The van der Waals surface area contributed by atoms with Crippen LogP contribution in [0, 0.1) is 22.0 Å². The second-order valence-corrected chi connectivity index (χ2v) is 9.76. The number of non-ortho nitro benzene ring substituents is 1. The van der Waals surface area contributed by atoms with Gasteiger partial charge in [-0.3, -0.25) is 14.9 Å².